The van der Waals surface area contributed by atoms with Gasteiger partial charge in [0, 0.05) is 134 Å². The zero-order chi connectivity index (χ0) is 71.5. The minimum Gasteiger partial charge on any atom is -0.619 e. The van der Waals surface area contributed by atoms with Crippen molar-refractivity contribution in [3.8, 4) is 45.0 Å². The average Bonchev–Trinajstić information content (AvgIpc) is 1.73. The van der Waals surface area contributed by atoms with Crippen LogP contribution in [0.2, 0.25) is 10.0 Å². The van der Waals surface area contributed by atoms with Gasteiger partial charge in [0.1, 0.15) is 29.1 Å². The monoisotopic (exact) mass is 1670 g/mol. The maximum atomic E-state index is 14.2. The van der Waals surface area contributed by atoms with E-state index in [-0.39, 0.29) is 5.82 Å². The molecule has 0 saturated carbocycles. The summed E-state index contributed by atoms with van der Waals surface area (Å²) >= 11 is 26.2. The number of aromatic nitrogens is 16. The Kier molecular flexibility index (Phi) is 22.0. The maximum absolute atomic E-state index is 14.2. The molecule has 514 valence electrons. The molecule has 0 atom stereocenters. The first-order valence-electron chi connectivity index (χ1n) is 31.2. The van der Waals surface area contributed by atoms with Crippen LogP contribution in [0.4, 0.5) is 27.7 Å². The summed E-state index contributed by atoms with van der Waals surface area (Å²) in [6.45, 7) is 1.92. The van der Waals surface area contributed by atoms with Gasteiger partial charge in [-0.05, 0) is 118 Å². The van der Waals surface area contributed by atoms with Crippen LogP contribution in [0.25, 0.3) is 67.6 Å². The van der Waals surface area contributed by atoms with Crippen molar-refractivity contribution < 1.29 is 28.5 Å². The predicted octanol–water partition coefficient (Wildman–Crippen LogP) is 15.0. The van der Waals surface area contributed by atoms with Crippen LogP contribution in [0.15, 0.2) is 268 Å². The highest BCUT2D eigenvalue weighted by Crippen LogP contribution is 2.33. The first-order valence-corrected chi connectivity index (χ1v) is 35.1. The third kappa shape index (κ3) is 17.1. The standard InChI is InChI=1S/2C18H13BrClN5O.C18H14BrFN5O.C18H14BrN5O/c19-15-10-22-25-17(21-9-12-2-1-7-24(26)11-12)8-16(23-18(15)25)13-3-5-14(20)6-4-13;2*19-14-10-22-25-17(21-9-12-4-3-7-24(26)11-12)8-16(23-18(14)25)13-5-1-2-6-15(13)20;19-15-11-21-24-17(20-10-13-5-4-8-23(25)12-13)9-16(22-18(15)24)14-6-2-1-3-7-14/h2*1-8,10-11,21H,9H2;1-8,10-11,21,26H,9H2;1-9,11-12,20H,10H2/q;;+1;. The Morgan fingerprint density at radius 2 is 0.728 bits per heavy atom. The largest absolute Gasteiger partial charge is 0.619 e. The molecule has 5 N–H and O–H groups in total. The Hall–Kier alpha value is -11.2. The minimum atomic E-state index is -0.338. The Morgan fingerprint density at radius 1 is 0.388 bits per heavy atom. The van der Waals surface area contributed by atoms with Crippen LogP contribution in [0.3, 0.4) is 0 Å². The quantitative estimate of drug-likeness (QED) is 0.0342. The van der Waals surface area contributed by atoms with Gasteiger partial charge in [-0.15, -0.1) is 0 Å². The van der Waals surface area contributed by atoms with Crippen molar-refractivity contribution >= 4 is 133 Å². The third-order valence-corrected chi connectivity index (χ3v) is 18.3. The lowest BCUT2D eigenvalue weighted by atomic mass is 10.1. The van der Waals surface area contributed by atoms with Gasteiger partial charge in [-0.3, -0.25) is 5.21 Å². The third-order valence-electron chi connectivity index (χ3n) is 15.5. The van der Waals surface area contributed by atoms with Gasteiger partial charge in [-0.25, -0.2) is 24.3 Å². The summed E-state index contributed by atoms with van der Waals surface area (Å²) < 4.78 is 27.5. The van der Waals surface area contributed by atoms with Crippen LogP contribution in [0, 0.1) is 21.4 Å². The van der Waals surface area contributed by atoms with Crippen LogP contribution in [-0.2, 0) is 26.2 Å². The first kappa shape index (κ1) is 70.2. The highest BCUT2D eigenvalue weighted by Gasteiger charge is 2.19. The van der Waals surface area contributed by atoms with Crippen LogP contribution in [-0.4, -0.2) is 63.6 Å². The van der Waals surface area contributed by atoms with E-state index in [0.717, 1.165) is 111 Å². The summed E-state index contributed by atoms with van der Waals surface area (Å²) in [6.07, 6.45) is 18.9. The lowest BCUT2D eigenvalue weighted by Crippen LogP contribution is -2.29. The summed E-state index contributed by atoms with van der Waals surface area (Å²) in [5, 5.41) is 75.7. The molecule has 0 bridgehead atoms. The van der Waals surface area contributed by atoms with Gasteiger partial charge < -0.3 is 36.9 Å². The van der Waals surface area contributed by atoms with E-state index in [4.69, 9.17) is 28.2 Å². The molecule has 0 aliphatic rings. The number of benzene rings is 4. The highest BCUT2D eigenvalue weighted by molar-refractivity contribution is 9.11. The molecular weight excluding hydrogens is 1620 g/mol. The Bertz CT molecular complexity index is 5530. The van der Waals surface area contributed by atoms with Crippen molar-refractivity contribution in [1.82, 2.24) is 58.4 Å². The second-order valence-electron chi connectivity index (χ2n) is 22.6. The Labute approximate surface area is 629 Å². The first-order chi connectivity index (χ1) is 50.0. The summed E-state index contributed by atoms with van der Waals surface area (Å²) in [5.41, 5.74) is 12.3. The number of anilines is 4. The van der Waals surface area contributed by atoms with Crippen molar-refractivity contribution in [2.75, 3.05) is 21.3 Å². The van der Waals surface area contributed by atoms with Crippen LogP contribution in [0.1, 0.15) is 22.3 Å². The lowest BCUT2D eigenvalue weighted by Gasteiger charge is -2.11. The molecule has 16 aromatic rings. The van der Waals surface area contributed by atoms with E-state index in [1.165, 1.54) is 43.2 Å². The number of hydrogen-bond acceptors (Lipinski definition) is 16. The van der Waals surface area contributed by atoms with E-state index in [2.05, 4.69) is 120 Å². The van der Waals surface area contributed by atoms with Gasteiger partial charge in [0.15, 0.2) is 59.8 Å². The molecule has 103 heavy (non-hydrogen) atoms. The highest BCUT2D eigenvalue weighted by atomic mass is 79.9. The van der Waals surface area contributed by atoms with Crippen molar-refractivity contribution in [3.63, 3.8) is 0 Å². The molecule has 0 radical (unpaired) electrons. The van der Waals surface area contributed by atoms with Crippen molar-refractivity contribution in [2.45, 2.75) is 26.2 Å². The fraction of sp³-hybridized carbons (Fsp3) is 0.0556. The number of pyridine rings is 4. The summed E-state index contributed by atoms with van der Waals surface area (Å²) in [6, 6.07) is 53.5. The fourth-order valence-corrected chi connectivity index (χ4v) is 12.3. The van der Waals surface area contributed by atoms with Gasteiger partial charge in [0.05, 0.1) is 65.5 Å². The minimum absolute atomic E-state index is 0.338. The predicted molar refractivity (Wildman–Crippen MR) is 404 cm³/mol. The van der Waals surface area contributed by atoms with Crippen molar-refractivity contribution in [2.24, 2.45) is 0 Å². The van der Waals surface area contributed by atoms with Crippen LogP contribution >= 0.6 is 86.9 Å². The topological polar surface area (TPSA) is 274 Å². The normalized spacial score (nSPS) is 11.0. The lowest BCUT2D eigenvalue weighted by molar-refractivity contribution is -0.905. The summed E-state index contributed by atoms with van der Waals surface area (Å²) in [4.78, 5) is 18.6. The molecule has 12 heterocycles. The SMILES string of the molecule is O[n+]1cccc(CNc2cc(-c3ccccc3F)nc3c(Br)cnn23)c1.[O-][n+]1cccc(CNc2cc(-c3ccc(Cl)cc3)nc3c(Br)cnn23)c1.[O-][n+]1cccc(CNc2cc(-c3ccccc3)nc3c(Br)cnn23)c1.[O-][n+]1cccc(CNc2cc(-c3ccccc3Cl)nc3c(Br)cnn23)c1. The average molecular weight is 1670 g/mol. The molecule has 0 saturated heterocycles. The molecule has 0 fully saturated rings. The maximum Gasteiger partial charge on any atom is 0.227 e. The molecule has 0 amide bonds. The van der Waals surface area contributed by atoms with Gasteiger partial charge in [0.25, 0.3) is 0 Å². The molecule has 16 rings (SSSR count). The van der Waals surface area contributed by atoms with Gasteiger partial charge >= 0.3 is 0 Å². The van der Waals surface area contributed by atoms with Gasteiger partial charge in [-0.2, -0.15) is 52.6 Å². The fourth-order valence-electron chi connectivity index (χ4n) is 10.6. The Morgan fingerprint density at radius 3 is 1.13 bits per heavy atom. The molecule has 0 unspecified atom stereocenters. The van der Waals surface area contributed by atoms with Gasteiger partial charge in [-0.1, -0.05) is 96.0 Å². The molecule has 31 heteroatoms. The second-order valence-corrected chi connectivity index (χ2v) is 26.8. The molecular formula is C72H54Br4Cl2FN20O4+. The summed E-state index contributed by atoms with van der Waals surface area (Å²) in [5.74, 6) is 2.64. The molecule has 24 nitrogen and oxygen atoms in total. The second kappa shape index (κ2) is 32.2. The molecule has 12 aromatic heterocycles. The van der Waals surface area contributed by atoms with Crippen molar-refractivity contribution in [3.05, 3.63) is 322 Å². The number of fused-ring (bicyclic) bond motifs is 4. The van der Waals surface area contributed by atoms with Crippen molar-refractivity contribution in [1.29, 1.82) is 0 Å². The molecule has 0 aliphatic heterocycles. The molecule has 0 aliphatic carbocycles. The number of hydrogen-bond donors (Lipinski definition) is 5. The van der Waals surface area contributed by atoms with E-state index in [0.29, 0.717) is 74.7 Å². The van der Waals surface area contributed by atoms with Crippen LogP contribution < -0.4 is 40.2 Å². The summed E-state index contributed by atoms with van der Waals surface area (Å²) in [7, 11) is 0. The number of nitrogens with one attached hydrogen (secondary N) is 4. The number of rotatable bonds is 16. The van der Waals surface area contributed by atoms with E-state index < -0.39 is 0 Å². The van der Waals surface area contributed by atoms with E-state index in [1.54, 1.807) is 104 Å². The smallest absolute Gasteiger partial charge is 0.227 e. The molecule has 0 spiro atoms. The van der Waals surface area contributed by atoms with E-state index in [1.807, 2.05) is 121 Å². The van der Waals surface area contributed by atoms with Gasteiger partial charge in [0.2, 0.25) is 12.4 Å². The molecule has 4 aromatic carbocycles. The number of halogens is 7. The Balaban J connectivity index is 0.000000122. The van der Waals surface area contributed by atoms with Crippen LogP contribution in [0.5, 0.6) is 0 Å². The zero-order valence-corrected chi connectivity index (χ0v) is 61.3. The van der Waals surface area contributed by atoms with E-state index >= 15 is 0 Å². The van der Waals surface area contributed by atoms with E-state index in [9.17, 15) is 25.2 Å². The number of nitrogens with zero attached hydrogens (tertiary/aromatic N) is 16. The zero-order valence-electron chi connectivity index (χ0n) is 53.5.